The SMILES string of the molecule is Cc1nc(-c2csc(S(=O)(=O)N(C)Cc3ccccc3)c2)no1. The summed E-state index contributed by atoms with van der Waals surface area (Å²) in [6.07, 6.45) is 0. The molecule has 120 valence electrons. The topological polar surface area (TPSA) is 76.3 Å². The molecule has 0 atom stereocenters. The van der Waals surface area contributed by atoms with Crippen LogP contribution < -0.4 is 0 Å². The van der Waals surface area contributed by atoms with E-state index in [4.69, 9.17) is 4.52 Å². The second-order valence-electron chi connectivity index (χ2n) is 5.04. The van der Waals surface area contributed by atoms with E-state index in [0.29, 0.717) is 23.8 Å². The fourth-order valence-electron chi connectivity index (χ4n) is 2.06. The Hall–Kier alpha value is -2.03. The first-order valence-corrected chi connectivity index (χ1v) is 9.18. The van der Waals surface area contributed by atoms with Crippen LogP contribution in [0.25, 0.3) is 11.4 Å². The zero-order chi connectivity index (χ0) is 16.4. The van der Waals surface area contributed by atoms with Crippen LogP contribution in [0.2, 0.25) is 0 Å². The highest BCUT2D eigenvalue weighted by Crippen LogP contribution is 2.29. The van der Waals surface area contributed by atoms with Crippen LogP contribution in [-0.4, -0.2) is 29.9 Å². The van der Waals surface area contributed by atoms with E-state index in [9.17, 15) is 8.42 Å². The Balaban J connectivity index is 1.83. The number of aromatic nitrogens is 2. The van der Waals surface area contributed by atoms with Crippen molar-refractivity contribution in [3.63, 3.8) is 0 Å². The second-order valence-corrected chi connectivity index (χ2v) is 8.22. The predicted molar refractivity (Wildman–Crippen MR) is 87.4 cm³/mol. The Morgan fingerprint density at radius 1 is 1.26 bits per heavy atom. The maximum atomic E-state index is 12.7. The van der Waals surface area contributed by atoms with Crippen LogP contribution in [0.5, 0.6) is 0 Å². The van der Waals surface area contributed by atoms with Gasteiger partial charge < -0.3 is 4.52 Å². The quantitative estimate of drug-likeness (QED) is 0.708. The second kappa shape index (κ2) is 6.23. The summed E-state index contributed by atoms with van der Waals surface area (Å²) < 4.78 is 31.8. The van der Waals surface area contributed by atoms with Gasteiger partial charge in [-0.25, -0.2) is 8.42 Å². The summed E-state index contributed by atoms with van der Waals surface area (Å²) >= 11 is 1.15. The van der Waals surface area contributed by atoms with Crippen molar-refractivity contribution in [1.82, 2.24) is 14.4 Å². The van der Waals surface area contributed by atoms with E-state index < -0.39 is 10.0 Å². The van der Waals surface area contributed by atoms with E-state index in [1.165, 1.54) is 4.31 Å². The Morgan fingerprint density at radius 3 is 2.65 bits per heavy atom. The summed E-state index contributed by atoms with van der Waals surface area (Å²) in [5, 5.41) is 5.52. The normalized spacial score (nSPS) is 12.0. The number of aryl methyl sites for hydroxylation is 1. The number of rotatable bonds is 5. The number of hydrogen-bond acceptors (Lipinski definition) is 6. The van der Waals surface area contributed by atoms with Crippen LogP contribution in [0.1, 0.15) is 11.5 Å². The van der Waals surface area contributed by atoms with Crippen LogP contribution in [0.15, 0.2) is 50.5 Å². The average Bonchev–Trinajstić information content (AvgIpc) is 3.17. The zero-order valence-electron chi connectivity index (χ0n) is 12.6. The molecule has 0 spiro atoms. The van der Waals surface area contributed by atoms with E-state index in [-0.39, 0.29) is 4.21 Å². The minimum absolute atomic E-state index is 0.258. The highest BCUT2D eigenvalue weighted by Gasteiger charge is 2.24. The van der Waals surface area contributed by atoms with Gasteiger partial charge in [0.1, 0.15) is 4.21 Å². The third kappa shape index (κ3) is 3.34. The first kappa shape index (κ1) is 15.9. The molecule has 0 aliphatic heterocycles. The molecule has 3 rings (SSSR count). The molecule has 0 amide bonds. The van der Waals surface area contributed by atoms with Crippen molar-refractivity contribution in [2.75, 3.05) is 7.05 Å². The Morgan fingerprint density at radius 2 is 2.00 bits per heavy atom. The van der Waals surface area contributed by atoms with Crippen LogP contribution in [0.3, 0.4) is 0 Å². The molecule has 23 heavy (non-hydrogen) atoms. The fraction of sp³-hybridized carbons (Fsp3) is 0.200. The largest absolute Gasteiger partial charge is 0.339 e. The molecular weight excluding hydrogens is 334 g/mol. The van der Waals surface area contributed by atoms with Crippen molar-refractivity contribution in [2.24, 2.45) is 0 Å². The molecule has 3 aromatic rings. The minimum Gasteiger partial charge on any atom is -0.339 e. The molecule has 0 radical (unpaired) electrons. The van der Waals surface area contributed by atoms with Gasteiger partial charge in [0.15, 0.2) is 0 Å². The van der Waals surface area contributed by atoms with Gasteiger partial charge in [-0.05, 0) is 11.6 Å². The van der Waals surface area contributed by atoms with Gasteiger partial charge in [0, 0.05) is 31.5 Å². The van der Waals surface area contributed by atoms with Crippen LogP contribution in [0, 0.1) is 6.92 Å². The number of thiophene rings is 1. The van der Waals surface area contributed by atoms with Crippen molar-refractivity contribution >= 4 is 21.4 Å². The van der Waals surface area contributed by atoms with E-state index in [1.54, 1.807) is 25.4 Å². The summed E-state index contributed by atoms with van der Waals surface area (Å²) in [7, 11) is -1.98. The minimum atomic E-state index is -3.55. The third-order valence-corrected chi connectivity index (χ3v) is 6.49. The molecular formula is C15H15N3O3S2. The first-order valence-electron chi connectivity index (χ1n) is 6.86. The lowest BCUT2D eigenvalue weighted by atomic mass is 10.2. The summed E-state index contributed by atoms with van der Waals surface area (Å²) in [5.41, 5.74) is 1.57. The maximum Gasteiger partial charge on any atom is 0.252 e. The van der Waals surface area contributed by atoms with Crippen molar-refractivity contribution in [3.8, 4) is 11.4 Å². The number of benzene rings is 1. The molecule has 2 aromatic heterocycles. The molecule has 0 unspecified atom stereocenters. The van der Waals surface area contributed by atoms with Gasteiger partial charge in [-0.2, -0.15) is 9.29 Å². The monoisotopic (exact) mass is 349 g/mol. The van der Waals surface area contributed by atoms with E-state index >= 15 is 0 Å². The summed E-state index contributed by atoms with van der Waals surface area (Å²) in [6.45, 7) is 2.01. The fourth-order valence-corrected chi connectivity index (χ4v) is 4.59. The summed E-state index contributed by atoms with van der Waals surface area (Å²) in [4.78, 5) is 4.11. The van der Waals surface area contributed by atoms with Gasteiger partial charge in [0.25, 0.3) is 10.0 Å². The van der Waals surface area contributed by atoms with Crippen LogP contribution in [-0.2, 0) is 16.6 Å². The lowest BCUT2D eigenvalue weighted by molar-refractivity contribution is 0.394. The highest BCUT2D eigenvalue weighted by molar-refractivity contribution is 7.91. The number of sulfonamides is 1. The molecule has 0 bridgehead atoms. The van der Waals surface area contributed by atoms with Crippen molar-refractivity contribution in [1.29, 1.82) is 0 Å². The van der Waals surface area contributed by atoms with Gasteiger partial charge in [0.2, 0.25) is 11.7 Å². The van der Waals surface area contributed by atoms with Gasteiger partial charge in [-0.15, -0.1) is 11.3 Å². The van der Waals surface area contributed by atoms with E-state index in [2.05, 4.69) is 10.1 Å². The molecule has 8 heteroatoms. The Kier molecular flexibility index (Phi) is 4.29. The smallest absolute Gasteiger partial charge is 0.252 e. The third-order valence-electron chi connectivity index (χ3n) is 3.27. The molecule has 2 heterocycles. The zero-order valence-corrected chi connectivity index (χ0v) is 14.3. The molecule has 0 saturated carbocycles. The molecule has 6 nitrogen and oxygen atoms in total. The van der Waals surface area contributed by atoms with Crippen molar-refractivity contribution in [3.05, 3.63) is 53.2 Å². The lowest BCUT2D eigenvalue weighted by Gasteiger charge is -2.15. The Bertz CT molecular complexity index is 901. The molecule has 0 saturated heterocycles. The lowest BCUT2D eigenvalue weighted by Crippen LogP contribution is -2.25. The standard InChI is InChI=1S/C15H15N3O3S2/c1-11-16-15(17-21-11)13-8-14(22-10-13)23(19,20)18(2)9-12-6-4-3-5-7-12/h3-8,10H,9H2,1-2H3. The molecule has 0 aliphatic carbocycles. The number of nitrogens with zero attached hydrogens (tertiary/aromatic N) is 3. The van der Waals surface area contributed by atoms with Crippen LogP contribution >= 0.6 is 11.3 Å². The maximum absolute atomic E-state index is 12.7. The Labute approximate surface area is 138 Å². The van der Waals surface area contributed by atoms with Gasteiger partial charge in [-0.1, -0.05) is 35.5 Å². The molecule has 0 fully saturated rings. The average molecular weight is 349 g/mol. The van der Waals surface area contributed by atoms with E-state index in [1.807, 2.05) is 30.3 Å². The van der Waals surface area contributed by atoms with E-state index in [0.717, 1.165) is 16.9 Å². The van der Waals surface area contributed by atoms with Gasteiger partial charge >= 0.3 is 0 Å². The molecule has 0 aliphatic rings. The molecule has 0 N–H and O–H groups in total. The summed E-state index contributed by atoms with van der Waals surface area (Å²) in [5.74, 6) is 0.836. The highest BCUT2D eigenvalue weighted by atomic mass is 32.2. The van der Waals surface area contributed by atoms with Gasteiger partial charge in [-0.3, -0.25) is 0 Å². The van der Waals surface area contributed by atoms with Crippen LogP contribution in [0.4, 0.5) is 0 Å². The van der Waals surface area contributed by atoms with Gasteiger partial charge in [0.05, 0.1) is 0 Å². The molecule has 1 aromatic carbocycles. The van der Waals surface area contributed by atoms with Crippen molar-refractivity contribution < 1.29 is 12.9 Å². The summed E-state index contributed by atoms with van der Waals surface area (Å²) in [6, 6.07) is 11.0. The number of hydrogen-bond donors (Lipinski definition) is 0. The first-order chi connectivity index (χ1) is 11.0. The predicted octanol–water partition coefficient (Wildman–Crippen LogP) is 2.93. The van der Waals surface area contributed by atoms with Crippen molar-refractivity contribution in [2.45, 2.75) is 17.7 Å².